The van der Waals surface area contributed by atoms with Crippen LogP contribution in [0.2, 0.25) is 0 Å². The first-order valence-corrected chi connectivity index (χ1v) is 16.6. The van der Waals surface area contributed by atoms with E-state index in [0.29, 0.717) is 51.6 Å². The van der Waals surface area contributed by atoms with Gasteiger partial charge in [0.15, 0.2) is 29.6 Å². The van der Waals surface area contributed by atoms with Crippen molar-refractivity contribution in [2.24, 2.45) is 11.8 Å². The number of hydrogen-bond donors (Lipinski definition) is 0. The molecule has 2 aliphatic heterocycles. The van der Waals surface area contributed by atoms with Crippen molar-refractivity contribution < 1.29 is 57.0 Å². The fourth-order valence-electron chi connectivity index (χ4n) is 7.06. The van der Waals surface area contributed by atoms with Gasteiger partial charge in [-0.05, 0) is 70.8 Å². The van der Waals surface area contributed by atoms with Gasteiger partial charge in [0, 0.05) is 23.5 Å². The molecule has 0 N–H and O–H groups in total. The van der Waals surface area contributed by atoms with Crippen molar-refractivity contribution >= 4 is 24.1 Å². The first kappa shape index (κ1) is 34.4. The van der Waals surface area contributed by atoms with E-state index >= 15 is 0 Å². The summed E-state index contributed by atoms with van der Waals surface area (Å²) in [5, 5.41) is 0. The third kappa shape index (κ3) is 6.59. The lowest BCUT2D eigenvalue weighted by atomic mass is 9.66. The zero-order valence-corrected chi connectivity index (χ0v) is 29.3. The molecule has 0 spiro atoms. The zero-order valence-electron chi connectivity index (χ0n) is 29.3. The Hall–Kier alpha value is -6.04. The third-order valence-electron chi connectivity index (χ3n) is 9.50. The van der Waals surface area contributed by atoms with Crippen LogP contribution in [-0.4, -0.2) is 67.5 Å². The fraction of sp³-hybridized carbons (Fsp3) is 0.300. The van der Waals surface area contributed by atoms with Gasteiger partial charge in [-0.25, -0.2) is 4.79 Å². The van der Waals surface area contributed by atoms with Gasteiger partial charge in [-0.1, -0.05) is 24.3 Å². The van der Waals surface area contributed by atoms with Crippen molar-refractivity contribution in [1.82, 2.24) is 0 Å². The predicted octanol–water partition coefficient (Wildman–Crippen LogP) is 6.23. The standard InChI is InChI=1S/C40H38O12/c1-43-26-12-23(13-27(16-26)44-2)7-6-22-8-10-25(11-9-22)48-20-35(41)52-38-29-18-32-31(50-21-51-32)17-28(29)36(37-30(38)19-49-40(37)42)24-14-33(45-3)39(47-5)34(15-24)46-4/h6-18,30,36-38H,19-21H2,1-5H3/b7-6+/t30-,36+,37-,38-/m0/s1. The summed E-state index contributed by atoms with van der Waals surface area (Å²) in [5.41, 5.74) is 3.99. The molecule has 1 aliphatic carbocycles. The lowest BCUT2D eigenvalue weighted by Crippen LogP contribution is -2.37. The Morgan fingerprint density at radius 2 is 1.35 bits per heavy atom. The highest BCUT2D eigenvalue weighted by Crippen LogP contribution is 2.56. The van der Waals surface area contributed by atoms with E-state index in [4.69, 9.17) is 47.4 Å². The Balaban J connectivity index is 1.12. The number of fused-ring (bicyclic) bond motifs is 3. The molecule has 4 atom stereocenters. The second kappa shape index (κ2) is 14.7. The normalized spacial score (nSPS) is 19.7. The highest BCUT2D eigenvalue weighted by molar-refractivity contribution is 5.80. The van der Waals surface area contributed by atoms with E-state index in [9.17, 15) is 9.59 Å². The number of benzene rings is 4. The Morgan fingerprint density at radius 3 is 1.96 bits per heavy atom. The molecule has 1 fully saturated rings. The second-order valence-electron chi connectivity index (χ2n) is 12.3. The summed E-state index contributed by atoms with van der Waals surface area (Å²) in [6.07, 6.45) is 3.08. The number of esters is 2. The van der Waals surface area contributed by atoms with Crippen molar-refractivity contribution in [1.29, 1.82) is 0 Å². The molecular formula is C40H38O12. The fourth-order valence-corrected chi connectivity index (χ4v) is 7.06. The maximum atomic E-state index is 13.5. The molecule has 0 aromatic heterocycles. The van der Waals surface area contributed by atoms with Gasteiger partial charge in [0.1, 0.15) is 23.4 Å². The van der Waals surface area contributed by atoms with Crippen molar-refractivity contribution in [3.8, 4) is 46.0 Å². The van der Waals surface area contributed by atoms with Crippen molar-refractivity contribution in [2.45, 2.75) is 12.0 Å². The summed E-state index contributed by atoms with van der Waals surface area (Å²) >= 11 is 0. The van der Waals surface area contributed by atoms with Crippen LogP contribution < -0.4 is 37.9 Å². The minimum atomic E-state index is -0.821. The van der Waals surface area contributed by atoms with E-state index in [1.165, 1.54) is 21.3 Å². The van der Waals surface area contributed by atoms with Crippen LogP contribution in [0.25, 0.3) is 12.2 Å². The smallest absolute Gasteiger partial charge is 0.344 e. The summed E-state index contributed by atoms with van der Waals surface area (Å²) in [7, 11) is 7.81. The number of cyclic esters (lactones) is 1. The van der Waals surface area contributed by atoms with E-state index in [2.05, 4.69) is 0 Å². The van der Waals surface area contributed by atoms with Crippen LogP contribution in [0.4, 0.5) is 0 Å². The third-order valence-corrected chi connectivity index (χ3v) is 9.50. The quantitative estimate of drug-likeness (QED) is 0.122. The second-order valence-corrected chi connectivity index (χ2v) is 12.3. The molecule has 0 bridgehead atoms. The van der Waals surface area contributed by atoms with Crippen LogP contribution in [0, 0.1) is 11.8 Å². The first-order valence-electron chi connectivity index (χ1n) is 16.6. The van der Waals surface area contributed by atoms with Gasteiger partial charge in [-0.3, -0.25) is 4.79 Å². The first-order chi connectivity index (χ1) is 25.3. The molecule has 270 valence electrons. The van der Waals surface area contributed by atoms with Gasteiger partial charge in [-0.15, -0.1) is 0 Å². The maximum Gasteiger partial charge on any atom is 0.344 e. The van der Waals surface area contributed by atoms with E-state index < -0.39 is 35.8 Å². The van der Waals surface area contributed by atoms with Crippen LogP contribution in [0.5, 0.6) is 46.0 Å². The molecule has 12 nitrogen and oxygen atoms in total. The zero-order chi connectivity index (χ0) is 36.4. The molecule has 0 amide bonds. The van der Waals surface area contributed by atoms with Gasteiger partial charge in [0.2, 0.25) is 12.5 Å². The summed E-state index contributed by atoms with van der Waals surface area (Å²) in [6, 6.07) is 20.2. The van der Waals surface area contributed by atoms with Crippen LogP contribution >= 0.6 is 0 Å². The van der Waals surface area contributed by atoms with Gasteiger partial charge in [-0.2, -0.15) is 0 Å². The molecule has 7 rings (SSSR count). The molecule has 2 heterocycles. The van der Waals surface area contributed by atoms with Crippen LogP contribution in [0.15, 0.2) is 66.7 Å². The Bertz CT molecular complexity index is 1960. The molecule has 1 saturated heterocycles. The highest BCUT2D eigenvalue weighted by atomic mass is 16.7. The summed E-state index contributed by atoms with van der Waals surface area (Å²) in [4.78, 5) is 26.9. The van der Waals surface area contributed by atoms with Crippen molar-refractivity contribution in [3.05, 3.63) is 94.5 Å². The minimum absolute atomic E-state index is 0.0462. The van der Waals surface area contributed by atoms with E-state index in [0.717, 1.165) is 22.3 Å². The van der Waals surface area contributed by atoms with Crippen LogP contribution in [0.1, 0.15) is 39.8 Å². The van der Waals surface area contributed by atoms with Gasteiger partial charge in [0.05, 0.1) is 48.1 Å². The van der Waals surface area contributed by atoms with Crippen LogP contribution in [-0.2, 0) is 19.1 Å². The lowest BCUT2D eigenvalue weighted by Gasteiger charge is -2.38. The Kier molecular flexibility index (Phi) is 9.71. The Morgan fingerprint density at radius 1 is 0.712 bits per heavy atom. The Labute approximate surface area is 300 Å². The summed E-state index contributed by atoms with van der Waals surface area (Å²) < 4.78 is 56.6. The molecule has 52 heavy (non-hydrogen) atoms. The predicted molar refractivity (Wildman–Crippen MR) is 188 cm³/mol. The van der Waals surface area contributed by atoms with E-state index in [1.54, 1.807) is 26.4 Å². The number of carbonyl (C=O) groups is 2. The largest absolute Gasteiger partial charge is 0.497 e. The molecule has 4 aromatic rings. The number of methoxy groups -OCH3 is 5. The SMILES string of the molecule is COc1cc(/C=C/c2ccc(OCC(=O)O[C@H]3c4cc5c(cc4[C@@H](c4cc(OC)c(OC)c(OC)c4)[C@H]4C(=O)OC[C@@H]43)OCO5)cc2)cc(OC)c1. The van der Waals surface area contributed by atoms with Gasteiger partial charge < -0.3 is 47.4 Å². The average molecular weight is 711 g/mol. The monoisotopic (exact) mass is 710 g/mol. The number of ether oxygens (including phenoxy) is 10. The topological polar surface area (TPSA) is 126 Å². The van der Waals surface area contributed by atoms with Crippen molar-refractivity contribution in [3.63, 3.8) is 0 Å². The molecule has 3 aliphatic rings. The van der Waals surface area contributed by atoms with E-state index in [-0.39, 0.29) is 20.0 Å². The summed E-state index contributed by atoms with van der Waals surface area (Å²) in [5.74, 6) is 1.52. The summed E-state index contributed by atoms with van der Waals surface area (Å²) in [6.45, 7) is -0.239. The number of rotatable bonds is 12. The van der Waals surface area contributed by atoms with Crippen molar-refractivity contribution in [2.75, 3.05) is 55.6 Å². The molecule has 0 unspecified atom stereocenters. The van der Waals surface area contributed by atoms with Gasteiger partial charge in [0.25, 0.3) is 0 Å². The molecular weight excluding hydrogens is 672 g/mol. The number of carbonyl (C=O) groups excluding carboxylic acids is 2. The lowest BCUT2D eigenvalue weighted by molar-refractivity contribution is -0.156. The van der Waals surface area contributed by atoms with Crippen LogP contribution in [0.3, 0.4) is 0 Å². The maximum absolute atomic E-state index is 13.5. The highest BCUT2D eigenvalue weighted by Gasteiger charge is 2.54. The minimum Gasteiger partial charge on any atom is -0.497 e. The average Bonchev–Trinajstić information content (AvgIpc) is 3.81. The molecule has 0 saturated carbocycles. The van der Waals surface area contributed by atoms with Gasteiger partial charge >= 0.3 is 11.9 Å². The molecule has 0 radical (unpaired) electrons. The molecule has 4 aromatic carbocycles. The number of hydrogen-bond acceptors (Lipinski definition) is 12. The molecule has 12 heteroatoms. The van der Waals surface area contributed by atoms with E-state index in [1.807, 2.05) is 66.7 Å².